The Morgan fingerprint density at radius 3 is 2.95 bits per heavy atom. The van der Waals surface area contributed by atoms with Gasteiger partial charge in [-0.05, 0) is 30.5 Å². The maximum atomic E-state index is 11.7. The maximum absolute atomic E-state index is 11.7. The van der Waals surface area contributed by atoms with Crippen LogP contribution in [-0.2, 0) is 16.0 Å². The van der Waals surface area contributed by atoms with Gasteiger partial charge in [0.15, 0.2) is 0 Å². The third-order valence-electron chi connectivity index (χ3n) is 3.22. The largest absolute Gasteiger partial charge is 0.325 e. The highest BCUT2D eigenvalue weighted by Crippen LogP contribution is 2.32. The first-order valence-corrected chi connectivity index (χ1v) is 6.65. The number of carbonyl (C=O) groups is 2. The maximum Gasteiger partial charge on any atom is 0.238 e. The summed E-state index contributed by atoms with van der Waals surface area (Å²) in [6.07, 6.45) is 2.61. The molecule has 1 saturated carbocycles. The van der Waals surface area contributed by atoms with E-state index in [0.717, 1.165) is 24.1 Å². The molecule has 5 nitrogen and oxygen atoms in total. The molecule has 1 fully saturated rings. The number of benzene rings is 1. The van der Waals surface area contributed by atoms with Crippen LogP contribution in [0.3, 0.4) is 0 Å². The van der Waals surface area contributed by atoms with Gasteiger partial charge >= 0.3 is 0 Å². The van der Waals surface area contributed by atoms with E-state index in [0.29, 0.717) is 23.2 Å². The molecular weight excluding hydrogens is 266 g/mol. The van der Waals surface area contributed by atoms with Crippen molar-refractivity contribution < 1.29 is 9.59 Å². The molecule has 2 amide bonds. The lowest BCUT2D eigenvalue weighted by atomic mass is 10.1. The summed E-state index contributed by atoms with van der Waals surface area (Å²) >= 11 is 6.09. The summed E-state index contributed by atoms with van der Waals surface area (Å²) in [5.41, 5.74) is 2.14. The second-order valence-electron chi connectivity index (χ2n) is 4.92. The van der Waals surface area contributed by atoms with Crippen molar-refractivity contribution in [3.63, 3.8) is 0 Å². The van der Waals surface area contributed by atoms with E-state index >= 15 is 0 Å². The van der Waals surface area contributed by atoms with Crippen LogP contribution < -0.4 is 16.0 Å². The van der Waals surface area contributed by atoms with Gasteiger partial charge < -0.3 is 16.0 Å². The standard InChI is InChI=1S/C13H14ClN3O2/c14-9-5-10-7(4-12(18)16-10)3-11(9)17-13(19)6-15-8-1-2-8/h3,5,8,15H,1-2,4,6H2,(H,16,18)(H,17,19). The molecule has 0 spiro atoms. The van der Waals surface area contributed by atoms with Gasteiger partial charge in [-0.15, -0.1) is 0 Å². The normalized spacial score (nSPS) is 17.0. The SMILES string of the molecule is O=C(CNC1CC1)Nc1cc2c(cc1Cl)NC(=O)C2. The van der Waals surface area contributed by atoms with Crippen LogP contribution in [-0.4, -0.2) is 24.4 Å². The zero-order valence-electron chi connectivity index (χ0n) is 10.3. The van der Waals surface area contributed by atoms with E-state index in [4.69, 9.17) is 11.6 Å². The van der Waals surface area contributed by atoms with Crippen molar-refractivity contribution in [2.75, 3.05) is 17.2 Å². The van der Waals surface area contributed by atoms with E-state index in [1.165, 1.54) is 0 Å². The van der Waals surface area contributed by atoms with Crippen LogP contribution in [0.2, 0.25) is 5.02 Å². The minimum Gasteiger partial charge on any atom is -0.325 e. The molecule has 1 aliphatic heterocycles. The molecule has 3 N–H and O–H groups in total. The molecule has 6 heteroatoms. The Bertz CT molecular complexity index is 555. The van der Waals surface area contributed by atoms with Gasteiger partial charge in [0.05, 0.1) is 23.7 Å². The molecule has 3 rings (SSSR count). The molecule has 1 aromatic rings. The van der Waals surface area contributed by atoms with Crippen molar-refractivity contribution in [1.82, 2.24) is 5.32 Å². The molecule has 0 radical (unpaired) electrons. The number of rotatable bonds is 4. The summed E-state index contributed by atoms with van der Waals surface area (Å²) in [4.78, 5) is 23.0. The summed E-state index contributed by atoms with van der Waals surface area (Å²) in [5, 5.41) is 9.05. The fourth-order valence-corrected chi connectivity index (χ4v) is 2.27. The number of carbonyl (C=O) groups excluding carboxylic acids is 2. The summed E-state index contributed by atoms with van der Waals surface area (Å²) in [6.45, 7) is 0.287. The number of hydrogen-bond acceptors (Lipinski definition) is 3. The average Bonchev–Trinajstić information content (AvgIpc) is 3.10. The van der Waals surface area contributed by atoms with Crippen LogP contribution in [0.5, 0.6) is 0 Å². The molecule has 0 saturated heterocycles. The Balaban J connectivity index is 1.68. The number of halogens is 1. The fourth-order valence-electron chi connectivity index (χ4n) is 2.06. The number of nitrogens with one attached hydrogen (secondary N) is 3. The second-order valence-corrected chi connectivity index (χ2v) is 5.32. The number of anilines is 2. The second kappa shape index (κ2) is 4.83. The Morgan fingerprint density at radius 1 is 1.42 bits per heavy atom. The van der Waals surface area contributed by atoms with Crippen molar-refractivity contribution in [1.29, 1.82) is 0 Å². The zero-order chi connectivity index (χ0) is 13.4. The lowest BCUT2D eigenvalue weighted by molar-refractivity contribution is -0.116. The van der Waals surface area contributed by atoms with Crippen molar-refractivity contribution in [2.45, 2.75) is 25.3 Å². The van der Waals surface area contributed by atoms with Crippen LogP contribution in [0.25, 0.3) is 0 Å². The van der Waals surface area contributed by atoms with Crippen LogP contribution in [0, 0.1) is 0 Å². The molecule has 0 atom stereocenters. The average molecular weight is 280 g/mol. The third-order valence-corrected chi connectivity index (χ3v) is 3.53. The van der Waals surface area contributed by atoms with Crippen LogP contribution in [0.1, 0.15) is 18.4 Å². The molecule has 2 aliphatic rings. The first kappa shape index (κ1) is 12.4. The minimum absolute atomic E-state index is 0.0510. The lowest BCUT2D eigenvalue weighted by Gasteiger charge is -2.09. The Kier molecular flexibility index (Phi) is 3.16. The fraction of sp³-hybridized carbons (Fsp3) is 0.385. The number of amides is 2. The molecule has 0 bridgehead atoms. The van der Waals surface area contributed by atoms with Gasteiger partial charge in [0.25, 0.3) is 0 Å². The molecule has 1 heterocycles. The van der Waals surface area contributed by atoms with Gasteiger partial charge in [-0.3, -0.25) is 9.59 Å². The Labute approximate surface area is 115 Å². The highest BCUT2D eigenvalue weighted by atomic mass is 35.5. The highest BCUT2D eigenvalue weighted by molar-refractivity contribution is 6.34. The first-order valence-electron chi connectivity index (χ1n) is 6.27. The number of fused-ring (bicyclic) bond motifs is 1. The summed E-state index contributed by atoms with van der Waals surface area (Å²) in [6, 6.07) is 3.92. The Morgan fingerprint density at radius 2 is 2.21 bits per heavy atom. The van der Waals surface area contributed by atoms with Crippen molar-refractivity contribution in [2.24, 2.45) is 0 Å². The smallest absolute Gasteiger partial charge is 0.238 e. The predicted molar refractivity (Wildman–Crippen MR) is 73.4 cm³/mol. The first-order chi connectivity index (χ1) is 9.11. The third kappa shape index (κ3) is 2.88. The summed E-state index contributed by atoms with van der Waals surface area (Å²) in [7, 11) is 0. The van der Waals surface area contributed by atoms with Gasteiger partial charge in [0.2, 0.25) is 11.8 Å². The van der Waals surface area contributed by atoms with Gasteiger partial charge in [-0.25, -0.2) is 0 Å². The molecule has 0 unspecified atom stereocenters. The van der Waals surface area contributed by atoms with E-state index < -0.39 is 0 Å². The molecule has 19 heavy (non-hydrogen) atoms. The van der Waals surface area contributed by atoms with Crippen molar-refractivity contribution in [3.05, 3.63) is 22.7 Å². The van der Waals surface area contributed by atoms with Crippen LogP contribution >= 0.6 is 11.6 Å². The lowest BCUT2D eigenvalue weighted by Crippen LogP contribution is -2.29. The zero-order valence-corrected chi connectivity index (χ0v) is 11.0. The molecule has 0 aromatic heterocycles. The van der Waals surface area contributed by atoms with E-state index in [1.807, 2.05) is 0 Å². The number of hydrogen-bond donors (Lipinski definition) is 3. The van der Waals surface area contributed by atoms with E-state index in [2.05, 4.69) is 16.0 Å². The van der Waals surface area contributed by atoms with Crippen LogP contribution in [0.15, 0.2) is 12.1 Å². The van der Waals surface area contributed by atoms with E-state index in [1.54, 1.807) is 12.1 Å². The quantitative estimate of drug-likeness (QED) is 0.783. The molecule has 1 aromatic carbocycles. The Hall–Kier alpha value is -1.59. The highest BCUT2D eigenvalue weighted by Gasteiger charge is 2.22. The molecule has 1 aliphatic carbocycles. The monoisotopic (exact) mass is 279 g/mol. The van der Waals surface area contributed by atoms with Gasteiger partial charge in [0.1, 0.15) is 0 Å². The van der Waals surface area contributed by atoms with Crippen LogP contribution in [0.4, 0.5) is 11.4 Å². The topological polar surface area (TPSA) is 70.2 Å². The van der Waals surface area contributed by atoms with E-state index in [-0.39, 0.29) is 18.4 Å². The van der Waals surface area contributed by atoms with Gasteiger partial charge in [0, 0.05) is 11.7 Å². The van der Waals surface area contributed by atoms with Crippen molar-refractivity contribution in [3.8, 4) is 0 Å². The van der Waals surface area contributed by atoms with Crippen molar-refractivity contribution >= 4 is 34.8 Å². The summed E-state index contributed by atoms with van der Waals surface area (Å²) in [5.74, 6) is -0.170. The summed E-state index contributed by atoms with van der Waals surface area (Å²) < 4.78 is 0. The van der Waals surface area contributed by atoms with Gasteiger partial charge in [-0.2, -0.15) is 0 Å². The minimum atomic E-state index is -0.119. The predicted octanol–water partition coefficient (Wildman–Crippen LogP) is 1.53. The molecule has 100 valence electrons. The molecular formula is C13H14ClN3O2. The van der Waals surface area contributed by atoms with Gasteiger partial charge in [-0.1, -0.05) is 11.6 Å². The van der Waals surface area contributed by atoms with E-state index in [9.17, 15) is 9.59 Å².